The van der Waals surface area contributed by atoms with Crippen LogP contribution in [0.25, 0.3) is 0 Å². The molecule has 1 unspecified atom stereocenters. The zero-order valence-electron chi connectivity index (χ0n) is 9.97. The van der Waals surface area contributed by atoms with Crippen molar-refractivity contribution in [3.8, 4) is 0 Å². The summed E-state index contributed by atoms with van der Waals surface area (Å²) in [7, 11) is 1.32. The van der Waals surface area contributed by atoms with Crippen molar-refractivity contribution in [2.24, 2.45) is 0 Å². The van der Waals surface area contributed by atoms with Gasteiger partial charge in [0.05, 0.1) is 12.0 Å². The van der Waals surface area contributed by atoms with E-state index in [-0.39, 0.29) is 11.7 Å². The van der Waals surface area contributed by atoms with E-state index >= 15 is 0 Å². The molecule has 98 valence electrons. The molecule has 0 aliphatic carbocycles. The molecule has 18 heavy (non-hydrogen) atoms. The van der Waals surface area contributed by atoms with Crippen LogP contribution in [-0.2, 0) is 9.53 Å². The summed E-state index contributed by atoms with van der Waals surface area (Å²) in [5, 5.41) is 13.6. The number of halogens is 1. The van der Waals surface area contributed by atoms with Gasteiger partial charge in [-0.15, -0.1) is 0 Å². The smallest absolute Gasteiger partial charge is 0.328 e. The van der Waals surface area contributed by atoms with Gasteiger partial charge >= 0.3 is 5.97 Å². The summed E-state index contributed by atoms with van der Waals surface area (Å²) in [6, 6.07) is 3.82. The van der Waals surface area contributed by atoms with Crippen LogP contribution in [0.5, 0.6) is 0 Å². The first-order chi connectivity index (χ1) is 8.49. The van der Waals surface area contributed by atoms with Gasteiger partial charge in [-0.05, 0) is 28.4 Å². The van der Waals surface area contributed by atoms with Gasteiger partial charge in [0.2, 0.25) is 0 Å². The van der Waals surface area contributed by atoms with Crippen LogP contribution in [0.4, 0.5) is 11.4 Å². The number of benzene rings is 1. The molecule has 0 amide bonds. The third-order valence-electron chi connectivity index (χ3n) is 2.39. The van der Waals surface area contributed by atoms with Crippen LogP contribution < -0.4 is 5.32 Å². The van der Waals surface area contributed by atoms with Gasteiger partial charge in [0.1, 0.15) is 6.04 Å². The Balaban J connectivity index is 2.90. The number of esters is 1. The fourth-order valence-electron chi connectivity index (χ4n) is 1.39. The molecule has 0 aliphatic rings. The number of carbonyl (C=O) groups is 1. The van der Waals surface area contributed by atoms with Crippen LogP contribution in [0.3, 0.4) is 0 Å². The van der Waals surface area contributed by atoms with Gasteiger partial charge in [-0.2, -0.15) is 0 Å². The molecule has 7 heteroatoms. The molecule has 1 aromatic rings. The lowest BCUT2D eigenvalue weighted by molar-refractivity contribution is -0.384. The van der Waals surface area contributed by atoms with Gasteiger partial charge in [-0.3, -0.25) is 10.1 Å². The van der Waals surface area contributed by atoms with Gasteiger partial charge < -0.3 is 10.1 Å². The molecule has 0 heterocycles. The number of nitro groups is 1. The van der Waals surface area contributed by atoms with E-state index in [0.29, 0.717) is 16.6 Å². The van der Waals surface area contributed by atoms with Gasteiger partial charge in [0, 0.05) is 22.3 Å². The lowest BCUT2D eigenvalue weighted by atomic mass is 10.2. The highest BCUT2D eigenvalue weighted by molar-refractivity contribution is 9.10. The second kappa shape index (κ2) is 6.34. The highest BCUT2D eigenvalue weighted by atomic mass is 79.9. The normalized spacial score (nSPS) is 11.7. The van der Waals surface area contributed by atoms with Crippen LogP contribution in [0, 0.1) is 10.1 Å². The number of ether oxygens (including phenoxy) is 1. The largest absolute Gasteiger partial charge is 0.467 e. The minimum atomic E-state index is -0.480. The Labute approximate surface area is 113 Å². The van der Waals surface area contributed by atoms with Crippen molar-refractivity contribution in [2.75, 3.05) is 12.4 Å². The third kappa shape index (κ3) is 3.43. The monoisotopic (exact) mass is 316 g/mol. The molecule has 0 saturated heterocycles. The summed E-state index contributed by atoms with van der Waals surface area (Å²) in [5.41, 5.74) is 0.594. The fraction of sp³-hybridized carbons (Fsp3) is 0.364. The highest BCUT2D eigenvalue weighted by Crippen LogP contribution is 2.27. The van der Waals surface area contributed by atoms with Crippen molar-refractivity contribution < 1.29 is 14.5 Å². The second-order valence-corrected chi connectivity index (χ2v) is 4.40. The van der Waals surface area contributed by atoms with E-state index in [2.05, 4.69) is 26.0 Å². The van der Waals surface area contributed by atoms with Gasteiger partial charge in [-0.25, -0.2) is 4.79 Å². The summed E-state index contributed by atoms with van der Waals surface area (Å²) >= 11 is 3.23. The number of methoxy groups -OCH3 is 1. The number of hydrogen-bond acceptors (Lipinski definition) is 5. The summed E-state index contributed by atoms with van der Waals surface area (Å²) in [5.74, 6) is -0.372. The van der Waals surface area contributed by atoms with Gasteiger partial charge in [0.25, 0.3) is 5.69 Å². The molecule has 0 radical (unpaired) electrons. The highest BCUT2D eigenvalue weighted by Gasteiger charge is 2.18. The van der Waals surface area contributed by atoms with Crippen LogP contribution in [0.15, 0.2) is 22.7 Å². The van der Waals surface area contributed by atoms with Crippen LogP contribution >= 0.6 is 15.9 Å². The number of nitro benzene ring substituents is 1. The van der Waals surface area contributed by atoms with E-state index in [0.717, 1.165) is 0 Å². The summed E-state index contributed by atoms with van der Waals surface area (Å²) in [6.07, 6.45) is 0.552. The van der Waals surface area contributed by atoms with Gasteiger partial charge in [0.15, 0.2) is 0 Å². The minimum absolute atomic E-state index is 0.0152. The molecule has 0 fully saturated rings. The zero-order chi connectivity index (χ0) is 13.7. The molecule has 6 nitrogen and oxygen atoms in total. The van der Waals surface area contributed by atoms with Crippen molar-refractivity contribution in [3.05, 3.63) is 32.8 Å². The lowest BCUT2D eigenvalue weighted by Crippen LogP contribution is -2.29. The van der Waals surface area contributed by atoms with E-state index in [1.54, 1.807) is 6.07 Å². The van der Waals surface area contributed by atoms with Gasteiger partial charge in [-0.1, -0.05) is 6.92 Å². The van der Waals surface area contributed by atoms with E-state index in [1.165, 1.54) is 19.2 Å². The van der Waals surface area contributed by atoms with Crippen molar-refractivity contribution in [1.82, 2.24) is 0 Å². The Morgan fingerprint density at radius 1 is 1.61 bits per heavy atom. The number of rotatable bonds is 5. The van der Waals surface area contributed by atoms with Crippen molar-refractivity contribution >= 4 is 33.3 Å². The van der Waals surface area contributed by atoms with E-state index < -0.39 is 11.0 Å². The maximum atomic E-state index is 11.4. The van der Waals surface area contributed by atoms with E-state index in [4.69, 9.17) is 0 Å². The molecule has 1 rings (SSSR count). The van der Waals surface area contributed by atoms with Crippen molar-refractivity contribution in [3.63, 3.8) is 0 Å². The molecule has 0 aliphatic heterocycles. The van der Waals surface area contributed by atoms with Crippen LogP contribution in [0.1, 0.15) is 13.3 Å². The summed E-state index contributed by atoms with van der Waals surface area (Å²) < 4.78 is 5.18. The van der Waals surface area contributed by atoms with Crippen molar-refractivity contribution in [2.45, 2.75) is 19.4 Å². The molecule has 1 aromatic carbocycles. The average Bonchev–Trinajstić information content (AvgIpc) is 2.36. The topological polar surface area (TPSA) is 81.5 Å². The molecule has 0 bridgehead atoms. The number of nitrogens with zero attached hydrogens (tertiary/aromatic N) is 1. The van der Waals surface area contributed by atoms with E-state index in [9.17, 15) is 14.9 Å². The molecular formula is C11H13BrN2O4. The first-order valence-electron chi connectivity index (χ1n) is 5.27. The van der Waals surface area contributed by atoms with Crippen LogP contribution in [-0.4, -0.2) is 24.0 Å². The predicted octanol–water partition coefficient (Wildman–Crippen LogP) is 2.72. The quantitative estimate of drug-likeness (QED) is 0.513. The Hall–Kier alpha value is -1.63. The molecular weight excluding hydrogens is 304 g/mol. The predicted molar refractivity (Wildman–Crippen MR) is 70.5 cm³/mol. The Bertz CT molecular complexity index is 464. The molecule has 1 atom stereocenters. The Morgan fingerprint density at radius 2 is 2.28 bits per heavy atom. The zero-order valence-corrected chi connectivity index (χ0v) is 11.6. The van der Waals surface area contributed by atoms with Crippen molar-refractivity contribution in [1.29, 1.82) is 0 Å². The molecule has 0 spiro atoms. The number of anilines is 1. The average molecular weight is 317 g/mol. The molecule has 0 aromatic heterocycles. The maximum Gasteiger partial charge on any atom is 0.328 e. The fourth-order valence-corrected chi connectivity index (χ4v) is 1.87. The first-order valence-corrected chi connectivity index (χ1v) is 6.07. The summed E-state index contributed by atoms with van der Waals surface area (Å²) in [6.45, 7) is 1.84. The number of non-ortho nitro benzene ring substituents is 1. The third-order valence-corrected chi connectivity index (χ3v) is 3.04. The first kappa shape index (κ1) is 14.4. The lowest BCUT2D eigenvalue weighted by Gasteiger charge is -2.16. The number of hydrogen-bond donors (Lipinski definition) is 1. The Morgan fingerprint density at radius 3 is 2.72 bits per heavy atom. The molecule has 1 N–H and O–H groups in total. The number of nitrogens with one attached hydrogen (secondary N) is 1. The Kier molecular flexibility index (Phi) is 5.08. The molecule has 0 saturated carbocycles. The minimum Gasteiger partial charge on any atom is -0.467 e. The second-order valence-electron chi connectivity index (χ2n) is 3.55. The SMILES string of the molecule is CCC(Nc1ccc([N+](=O)[O-])cc1Br)C(=O)OC. The standard InChI is InChI=1S/C11H13BrN2O4/c1-3-9(11(15)18-2)13-10-5-4-7(14(16)17)6-8(10)12/h4-6,9,13H,3H2,1-2H3. The maximum absolute atomic E-state index is 11.4. The number of carbonyl (C=O) groups excluding carboxylic acids is 1. The van der Waals surface area contributed by atoms with Crippen LogP contribution in [0.2, 0.25) is 0 Å². The summed E-state index contributed by atoms with van der Waals surface area (Å²) in [4.78, 5) is 21.5. The van der Waals surface area contributed by atoms with E-state index in [1.807, 2.05) is 6.92 Å².